The summed E-state index contributed by atoms with van der Waals surface area (Å²) in [4.78, 5) is 0. The Bertz CT molecular complexity index is 485. The highest BCUT2D eigenvalue weighted by Crippen LogP contribution is 2.43. The normalized spacial score (nSPS) is 38.4. The van der Waals surface area contributed by atoms with Gasteiger partial charge in [-0.15, -0.1) is 0 Å². The quantitative estimate of drug-likeness (QED) is 0.404. The minimum atomic E-state index is -4.81. The second kappa shape index (κ2) is 9.98. The summed E-state index contributed by atoms with van der Waals surface area (Å²) < 4.78 is 50.1. The monoisotopic (exact) mass is 402 g/mol. The number of rotatable bonds is 5. The van der Waals surface area contributed by atoms with Gasteiger partial charge in [-0.05, 0) is 93.0 Å². The predicted molar refractivity (Wildman–Crippen MR) is 106 cm³/mol. The molecule has 28 heavy (non-hydrogen) atoms. The first-order valence-electron chi connectivity index (χ1n) is 11.8. The molecule has 0 bridgehead atoms. The van der Waals surface area contributed by atoms with E-state index in [1.54, 1.807) is 0 Å². The van der Waals surface area contributed by atoms with Gasteiger partial charge < -0.3 is 0 Å². The van der Waals surface area contributed by atoms with Gasteiger partial charge in [-0.2, -0.15) is 13.2 Å². The molecule has 0 aliphatic heterocycles. The van der Waals surface area contributed by atoms with Crippen molar-refractivity contribution in [1.29, 1.82) is 0 Å². The summed E-state index contributed by atoms with van der Waals surface area (Å²) in [6, 6.07) is 0. The largest absolute Gasteiger partial charge is 0.442 e. The van der Waals surface area contributed by atoms with Gasteiger partial charge in [-0.25, -0.2) is 4.39 Å². The van der Waals surface area contributed by atoms with Gasteiger partial charge in [0, 0.05) is 0 Å². The highest BCUT2D eigenvalue weighted by atomic mass is 19.4. The van der Waals surface area contributed by atoms with Crippen molar-refractivity contribution >= 4 is 0 Å². The summed E-state index contributed by atoms with van der Waals surface area (Å²) in [6.07, 6.45) is 13.2. The standard InChI is InChI=1S/C24H38F4/c1-17-2-12-21(13-3-17)22-14-10-19(11-15-22)5-4-18-6-8-20(9-7-18)16-23(25)24(26,27)28/h16-22H,2-15H2,1H3. The van der Waals surface area contributed by atoms with E-state index in [0.29, 0.717) is 18.8 Å². The Balaban J connectivity index is 1.31. The number of hydrogen-bond acceptors (Lipinski definition) is 0. The fourth-order valence-corrected chi connectivity index (χ4v) is 6.12. The van der Waals surface area contributed by atoms with Crippen molar-refractivity contribution in [2.75, 3.05) is 0 Å². The number of allylic oxidation sites excluding steroid dienone is 2. The Morgan fingerprint density at radius 3 is 1.61 bits per heavy atom. The molecular formula is C24H38F4. The van der Waals surface area contributed by atoms with Crippen molar-refractivity contribution in [2.24, 2.45) is 35.5 Å². The summed E-state index contributed by atoms with van der Waals surface area (Å²) in [6.45, 7) is 2.39. The lowest BCUT2D eigenvalue weighted by Gasteiger charge is -2.37. The summed E-state index contributed by atoms with van der Waals surface area (Å²) in [5.74, 6) is 2.25. The maximum absolute atomic E-state index is 13.1. The molecule has 3 rings (SSSR count). The molecule has 0 atom stereocenters. The number of halogens is 4. The first kappa shape index (κ1) is 22.2. The fourth-order valence-electron chi connectivity index (χ4n) is 6.12. The Kier molecular flexibility index (Phi) is 7.89. The van der Waals surface area contributed by atoms with Gasteiger partial charge in [0.15, 0.2) is 5.83 Å². The van der Waals surface area contributed by atoms with E-state index in [0.717, 1.165) is 42.6 Å². The Labute approximate surface area is 168 Å². The van der Waals surface area contributed by atoms with E-state index in [1.165, 1.54) is 64.2 Å². The lowest BCUT2D eigenvalue weighted by Crippen LogP contribution is -2.25. The molecule has 0 unspecified atom stereocenters. The van der Waals surface area contributed by atoms with Crippen LogP contribution in [0.3, 0.4) is 0 Å². The minimum Gasteiger partial charge on any atom is -0.202 e. The van der Waals surface area contributed by atoms with Gasteiger partial charge in [0.25, 0.3) is 0 Å². The Morgan fingerprint density at radius 1 is 0.714 bits per heavy atom. The maximum atomic E-state index is 13.1. The van der Waals surface area contributed by atoms with Gasteiger partial charge in [0.05, 0.1) is 0 Å². The van der Waals surface area contributed by atoms with E-state index in [1.807, 2.05) is 0 Å². The molecule has 0 nitrogen and oxygen atoms in total. The predicted octanol–water partition coefficient (Wildman–Crippen LogP) is 8.62. The molecule has 0 aromatic rings. The van der Waals surface area contributed by atoms with Gasteiger partial charge >= 0.3 is 6.18 Å². The van der Waals surface area contributed by atoms with Crippen LogP contribution in [0.5, 0.6) is 0 Å². The van der Waals surface area contributed by atoms with E-state index in [2.05, 4.69) is 6.92 Å². The lowest BCUT2D eigenvalue weighted by molar-refractivity contribution is -0.109. The highest BCUT2D eigenvalue weighted by molar-refractivity contribution is 5.03. The molecule has 0 heterocycles. The first-order chi connectivity index (χ1) is 13.3. The van der Waals surface area contributed by atoms with Crippen LogP contribution >= 0.6 is 0 Å². The van der Waals surface area contributed by atoms with Crippen LogP contribution < -0.4 is 0 Å². The third kappa shape index (κ3) is 6.49. The molecule has 3 aliphatic rings. The van der Waals surface area contributed by atoms with Crippen LogP contribution in [0.4, 0.5) is 17.6 Å². The third-order valence-corrected chi connectivity index (χ3v) is 8.15. The van der Waals surface area contributed by atoms with Crippen molar-refractivity contribution < 1.29 is 17.6 Å². The molecule has 0 amide bonds. The summed E-state index contributed by atoms with van der Waals surface area (Å²) >= 11 is 0. The highest BCUT2D eigenvalue weighted by Gasteiger charge is 2.35. The number of hydrogen-bond donors (Lipinski definition) is 0. The van der Waals surface area contributed by atoms with E-state index >= 15 is 0 Å². The minimum absolute atomic E-state index is 0.230. The fraction of sp³-hybridized carbons (Fsp3) is 0.917. The average Bonchev–Trinajstić information content (AvgIpc) is 2.68. The van der Waals surface area contributed by atoms with Crippen LogP contribution in [-0.2, 0) is 0 Å². The molecular weight excluding hydrogens is 364 g/mol. The molecule has 0 N–H and O–H groups in total. The van der Waals surface area contributed by atoms with Crippen LogP contribution in [-0.4, -0.2) is 6.18 Å². The van der Waals surface area contributed by atoms with E-state index in [-0.39, 0.29) is 5.92 Å². The zero-order valence-corrected chi connectivity index (χ0v) is 17.5. The zero-order valence-electron chi connectivity index (χ0n) is 17.5. The van der Waals surface area contributed by atoms with Gasteiger partial charge in [0.2, 0.25) is 0 Å². The van der Waals surface area contributed by atoms with Crippen molar-refractivity contribution in [3.63, 3.8) is 0 Å². The van der Waals surface area contributed by atoms with Crippen molar-refractivity contribution in [1.82, 2.24) is 0 Å². The SMILES string of the molecule is CC1CCC(C2CCC(CCC3CCC(C=C(F)C(F)(F)F)CC3)CC2)CC1. The zero-order chi connectivity index (χ0) is 20.1. The van der Waals surface area contributed by atoms with Crippen LogP contribution in [0.15, 0.2) is 11.9 Å². The molecule has 0 spiro atoms. The maximum Gasteiger partial charge on any atom is 0.442 e. The number of alkyl halides is 3. The van der Waals surface area contributed by atoms with Crippen molar-refractivity contribution in [3.8, 4) is 0 Å². The van der Waals surface area contributed by atoms with Crippen molar-refractivity contribution in [3.05, 3.63) is 11.9 Å². The van der Waals surface area contributed by atoms with E-state index in [4.69, 9.17) is 0 Å². The lowest BCUT2D eigenvalue weighted by atomic mass is 9.68. The van der Waals surface area contributed by atoms with Crippen LogP contribution in [0.2, 0.25) is 0 Å². The van der Waals surface area contributed by atoms with E-state index < -0.39 is 12.0 Å². The second-order valence-corrected chi connectivity index (χ2v) is 10.2. The van der Waals surface area contributed by atoms with Gasteiger partial charge in [0.1, 0.15) is 0 Å². The third-order valence-electron chi connectivity index (χ3n) is 8.15. The molecule has 3 fully saturated rings. The van der Waals surface area contributed by atoms with Crippen molar-refractivity contribution in [2.45, 2.75) is 103 Å². The molecule has 3 saturated carbocycles. The molecule has 162 valence electrons. The molecule has 0 aromatic heterocycles. The first-order valence-corrected chi connectivity index (χ1v) is 11.8. The second-order valence-electron chi connectivity index (χ2n) is 10.2. The smallest absolute Gasteiger partial charge is 0.202 e. The topological polar surface area (TPSA) is 0 Å². The van der Waals surface area contributed by atoms with Gasteiger partial charge in [-0.1, -0.05) is 45.4 Å². The summed E-state index contributed by atoms with van der Waals surface area (Å²) in [5, 5.41) is 0. The Morgan fingerprint density at radius 2 is 1.14 bits per heavy atom. The molecule has 0 aromatic carbocycles. The van der Waals surface area contributed by atoms with Crippen LogP contribution in [0.25, 0.3) is 0 Å². The summed E-state index contributed by atoms with van der Waals surface area (Å²) in [5.41, 5.74) is 0. The summed E-state index contributed by atoms with van der Waals surface area (Å²) in [7, 11) is 0. The average molecular weight is 403 g/mol. The van der Waals surface area contributed by atoms with Crippen LogP contribution in [0.1, 0.15) is 96.8 Å². The Hall–Kier alpha value is -0.540. The van der Waals surface area contributed by atoms with E-state index in [9.17, 15) is 17.6 Å². The van der Waals surface area contributed by atoms with Crippen LogP contribution in [0, 0.1) is 35.5 Å². The van der Waals surface area contributed by atoms with Gasteiger partial charge in [-0.3, -0.25) is 0 Å². The molecule has 4 heteroatoms. The molecule has 0 radical (unpaired) electrons. The molecule has 0 saturated heterocycles. The molecule has 3 aliphatic carbocycles.